The number of hydrogen-bond donors (Lipinski definition) is 1. The zero-order valence-corrected chi connectivity index (χ0v) is 12.0. The van der Waals surface area contributed by atoms with Gasteiger partial charge in [0, 0.05) is 22.4 Å². The normalized spacial score (nSPS) is 20.1. The van der Waals surface area contributed by atoms with Crippen molar-refractivity contribution in [3.05, 3.63) is 33.8 Å². The first-order valence-electron chi connectivity index (χ1n) is 7.10. The molecule has 0 atom stereocenters. The van der Waals surface area contributed by atoms with Crippen molar-refractivity contribution in [1.29, 1.82) is 0 Å². The van der Waals surface area contributed by atoms with Crippen molar-refractivity contribution in [1.82, 2.24) is 0 Å². The van der Waals surface area contributed by atoms with Gasteiger partial charge in [-0.25, -0.2) is 0 Å². The van der Waals surface area contributed by atoms with E-state index in [-0.39, 0.29) is 17.6 Å². The zero-order chi connectivity index (χ0) is 14.3. The summed E-state index contributed by atoms with van der Waals surface area (Å²) in [5.41, 5.74) is 2.18. The van der Waals surface area contributed by atoms with Crippen molar-refractivity contribution < 1.29 is 14.7 Å². The molecule has 2 aliphatic carbocycles. The second-order valence-electron chi connectivity index (χ2n) is 6.01. The van der Waals surface area contributed by atoms with Crippen LogP contribution in [-0.2, 0) is 16.6 Å². The fourth-order valence-corrected chi connectivity index (χ4v) is 4.29. The van der Waals surface area contributed by atoms with Gasteiger partial charge in [-0.3, -0.25) is 9.59 Å². The van der Waals surface area contributed by atoms with Crippen molar-refractivity contribution in [3.8, 4) is 0 Å². The Kier molecular flexibility index (Phi) is 3.33. The van der Waals surface area contributed by atoms with Gasteiger partial charge in [0.05, 0.1) is 6.42 Å². The van der Waals surface area contributed by atoms with Crippen LogP contribution < -0.4 is 0 Å². The molecular formula is C16H17ClO3. The summed E-state index contributed by atoms with van der Waals surface area (Å²) in [6.07, 6.45) is 5.99. The third-order valence-electron chi connectivity index (χ3n) is 4.65. The molecule has 106 valence electrons. The van der Waals surface area contributed by atoms with E-state index in [1.54, 1.807) is 12.1 Å². The molecule has 0 radical (unpaired) electrons. The largest absolute Gasteiger partial charge is 0.481 e. The molecule has 1 aromatic carbocycles. The molecule has 2 aliphatic rings. The van der Waals surface area contributed by atoms with Gasteiger partial charge >= 0.3 is 5.97 Å². The highest BCUT2D eigenvalue weighted by Crippen LogP contribution is 2.51. The van der Waals surface area contributed by atoms with Crippen LogP contribution >= 0.6 is 11.6 Å². The van der Waals surface area contributed by atoms with Gasteiger partial charge in [0.1, 0.15) is 0 Å². The summed E-state index contributed by atoms with van der Waals surface area (Å²) in [6, 6.07) is 3.46. The lowest BCUT2D eigenvalue weighted by atomic mass is 9.70. The number of carboxylic acids is 1. The Balaban J connectivity index is 2.08. The molecule has 1 N–H and O–H groups in total. The maximum absolute atomic E-state index is 12.3. The van der Waals surface area contributed by atoms with Gasteiger partial charge in [-0.05, 0) is 36.1 Å². The molecular weight excluding hydrogens is 276 g/mol. The average Bonchev–Trinajstić information content (AvgIpc) is 2.62. The van der Waals surface area contributed by atoms with Crippen molar-refractivity contribution in [2.24, 2.45) is 0 Å². The number of rotatable bonds is 2. The number of ketones is 1. The highest BCUT2D eigenvalue weighted by atomic mass is 35.5. The van der Waals surface area contributed by atoms with Gasteiger partial charge in [-0.1, -0.05) is 30.9 Å². The monoisotopic (exact) mass is 292 g/mol. The molecule has 1 spiro atoms. The number of carboxylic acid groups (broad SMARTS) is 1. The Morgan fingerprint density at radius 3 is 2.60 bits per heavy atom. The molecule has 3 nitrogen and oxygen atoms in total. The van der Waals surface area contributed by atoms with Crippen molar-refractivity contribution in [2.45, 2.75) is 50.4 Å². The maximum atomic E-state index is 12.3. The number of halogens is 1. The standard InChI is InChI=1S/C16H17ClO3/c17-12-7-10(8-14(19)20)6-11-13(18)9-16(15(11)12)4-2-1-3-5-16/h6-7H,1-5,8-9H2,(H,19,20). The number of fused-ring (bicyclic) bond motifs is 2. The van der Waals surface area contributed by atoms with Crippen LogP contribution in [0.1, 0.15) is 60.0 Å². The summed E-state index contributed by atoms with van der Waals surface area (Å²) in [5, 5.41) is 9.46. The second kappa shape index (κ2) is 4.88. The molecule has 0 heterocycles. The molecule has 1 saturated carbocycles. The lowest BCUT2D eigenvalue weighted by Crippen LogP contribution is -2.26. The summed E-state index contributed by atoms with van der Waals surface area (Å²) >= 11 is 6.40. The second-order valence-corrected chi connectivity index (χ2v) is 6.42. The highest BCUT2D eigenvalue weighted by molar-refractivity contribution is 6.32. The molecule has 20 heavy (non-hydrogen) atoms. The molecule has 0 amide bonds. The van der Waals surface area contributed by atoms with Gasteiger partial charge in [-0.15, -0.1) is 0 Å². The quantitative estimate of drug-likeness (QED) is 0.903. The topological polar surface area (TPSA) is 54.4 Å². The molecule has 4 heteroatoms. The predicted octanol–water partition coefficient (Wildman–Crippen LogP) is 3.76. The van der Waals surface area contributed by atoms with Crippen LogP contribution in [-0.4, -0.2) is 16.9 Å². The fourth-order valence-electron chi connectivity index (χ4n) is 3.84. The number of benzene rings is 1. The van der Waals surface area contributed by atoms with Gasteiger partial charge in [0.25, 0.3) is 0 Å². The highest BCUT2D eigenvalue weighted by Gasteiger charge is 2.45. The fraction of sp³-hybridized carbons (Fsp3) is 0.500. The van der Waals surface area contributed by atoms with Gasteiger partial charge < -0.3 is 5.11 Å². The van der Waals surface area contributed by atoms with Crippen molar-refractivity contribution >= 4 is 23.4 Å². The van der Waals surface area contributed by atoms with E-state index in [1.165, 1.54) is 6.42 Å². The Morgan fingerprint density at radius 2 is 1.95 bits per heavy atom. The Labute approximate surface area is 122 Å². The Hall–Kier alpha value is -1.35. The van der Waals surface area contributed by atoms with Crippen LogP contribution in [0.2, 0.25) is 5.02 Å². The maximum Gasteiger partial charge on any atom is 0.307 e. The van der Waals surface area contributed by atoms with Crippen molar-refractivity contribution in [2.75, 3.05) is 0 Å². The molecule has 0 bridgehead atoms. The first-order valence-corrected chi connectivity index (χ1v) is 7.47. The summed E-state index contributed by atoms with van der Waals surface area (Å²) in [7, 11) is 0. The van der Waals surface area contributed by atoms with E-state index in [4.69, 9.17) is 16.7 Å². The van der Waals surface area contributed by atoms with E-state index in [0.717, 1.165) is 31.2 Å². The Bertz CT molecular complexity index is 586. The van der Waals surface area contributed by atoms with Gasteiger partial charge in [-0.2, -0.15) is 0 Å². The first kappa shape index (κ1) is 13.6. The third-order valence-corrected chi connectivity index (χ3v) is 4.94. The summed E-state index contributed by atoms with van der Waals surface area (Å²) in [4.78, 5) is 23.2. The van der Waals surface area contributed by atoms with E-state index in [1.807, 2.05) is 0 Å². The van der Waals surface area contributed by atoms with Gasteiger partial charge in [0.15, 0.2) is 5.78 Å². The summed E-state index contributed by atoms with van der Waals surface area (Å²) in [6.45, 7) is 0. The van der Waals surface area contributed by atoms with Gasteiger partial charge in [0.2, 0.25) is 0 Å². The summed E-state index contributed by atoms with van der Waals surface area (Å²) < 4.78 is 0. The zero-order valence-electron chi connectivity index (χ0n) is 11.2. The number of hydrogen-bond acceptors (Lipinski definition) is 2. The van der Waals surface area contributed by atoms with Crippen LogP contribution in [0.25, 0.3) is 0 Å². The van der Waals surface area contributed by atoms with Crippen LogP contribution in [0.15, 0.2) is 12.1 Å². The number of carbonyl (C=O) groups excluding carboxylic acids is 1. The first-order chi connectivity index (χ1) is 9.52. The molecule has 0 unspecified atom stereocenters. The predicted molar refractivity (Wildman–Crippen MR) is 76.5 cm³/mol. The number of Topliss-reactive ketones (excluding diaryl/α,β-unsaturated/α-hetero) is 1. The third kappa shape index (κ3) is 2.14. The van der Waals surface area contributed by atoms with E-state index in [0.29, 0.717) is 22.6 Å². The van der Waals surface area contributed by atoms with E-state index in [2.05, 4.69) is 0 Å². The average molecular weight is 293 g/mol. The molecule has 0 aromatic heterocycles. The van der Waals surface area contributed by atoms with E-state index < -0.39 is 5.97 Å². The smallest absolute Gasteiger partial charge is 0.307 e. The molecule has 1 aromatic rings. The molecule has 0 saturated heterocycles. The van der Waals surface area contributed by atoms with E-state index in [9.17, 15) is 9.59 Å². The minimum absolute atomic E-state index is 0.0799. The number of carbonyl (C=O) groups is 2. The Morgan fingerprint density at radius 1 is 1.25 bits per heavy atom. The number of aliphatic carboxylic acids is 1. The van der Waals surface area contributed by atoms with Crippen LogP contribution in [0.3, 0.4) is 0 Å². The molecule has 1 fully saturated rings. The van der Waals surface area contributed by atoms with Crippen molar-refractivity contribution in [3.63, 3.8) is 0 Å². The van der Waals surface area contributed by atoms with Crippen LogP contribution in [0, 0.1) is 0 Å². The minimum Gasteiger partial charge on any atom is -0.481 e. The summed E-state index contributed by atoms with van der Waals surface area (Å²) in [5.74, 6) is -0.783. The lowest BCUT2D eigenvalue weighted by molar-refractivity contribution is -0.136. The van der Waals surface area contributed by atoms with Crippen LogP contribution in [0.4, 0.5) is 0 Å². The molecule has 0 aliphatic heterocycles. The van der Waals surface area contributed by atoms with E-state index >= 15 is 0 Å². The lowest BCUT2D eigenvalue weighted by Gasteiger charge is -2.34. The van der Waals surface area contributed by atoms with Crippen LogP contribution in [0.5, 0.6) is 0 Å². The molecule has 3 rings (SSSR count). The minimum atomic E-state index is -0.904. The SMILES string of the molecule is O=C(O)Cc1cc(Cl)c2c(c1)C(=O)CC21CCCCC1.